The van der Waals surface area contributed by atoms with Crippen LogP contribution in [0.3, 0.4) is 0 Å². The largest absolute Gasteiger partial charge is 0.480 e. The maximum absolute atomic E-state index is 12.2. The maximum atomic E-state index is 12.2. The van der Waals surface area contributed by atoms with Crippen molar-refractivity contribution in [2.24, 2.45) is 5.92 Å². The van der Waals surface area contributed by atoms with Crippen LogP contribution in [0.4, 0.5) is 0 Å². The minimum atomic E-state index is -1.06. The highest BCUT2D eigenvalue weighted by Crippen LogP contribution is 2.08. The van der Waals surface area contributed by atoms with E-state index in [2.05, 4.69) is 15.4 Å². The van der Waals surface area contributed by atoms with Crippen LogP contribution in [0.2, 0.25) is 0 Å². The zero-order chi connectivity index (χ0) is 15.4. The highest BCUT2D eigenvalue weighted by molar-refractivity contribution is 5.96. The molecule has 0 unspecified atom stereocenters. The predicted octanol–water partition coefficient (Wildman–Crippen LogP) is 1.11. The fourth-order valence-electron chi connectivity index (χ4n) is 1.83. The van der Waals surface area contributed by atoms with Crippen LogP contribution < -0.4 is 5.32 Å². The average molecular weight is 288 g/mol. The third kappa shape index (κ3) is 3.44. The van der Waals surface area contributed by atoms with E-state index in [1.54, 1.807) is 38.4 Å². The Morgan fingerprint density at radius 3 is 2.67 bits per heavy atom. The number of aliphatic carboxylic acids is 1. The Bertz CT molecular complexity index is 637. The molecule has 0 spiro atoms. The molecule has 2 rings (SSSR count). The van der Waals surface area contributed by atoms with Gasteiger partial charge in [0.05, 0.1) is 0 Å². The maximum Gasteiger partial charge on any atom is 0.326 e. The summed E-state index contributed by atoms with van der Waals surface area (Å²) in [7, 11) is 0. The van der Waals surface area contributed by atoms with Gasteiger partial charge in [-0.2, -0.15) is 5.10 Å². The molecular weight excluding hydrogens is 272 g/mol. The van der Waals surface area contributed by atoms with Gasteiger partial charge in [-0.05, 0) is 24.1 Å². The number of carbonyl (C=O) groups is 2. The number of carbonyl (C=O) groups excluding carboxylic acids is 1. The van der Waals surface area contributed by atoms with Gasteiger partial charge < -0.3 is 10.4 Å². The number of carboxylic acid groups (broad SMARTS) is 1. The third-order valence-electron chi connectivity index (χ3n) is 2.97. The lowest BCUT2D eigenvalue weighted by molar-refractivity contribution is -0.140. The molecule has 1 amide bonds. The summed E-state index contributed by atoms with van der Waals surface area (Å²) < 4.78 is 1.52. The van der Waals surface area contributed by atoms with Crippen LogP contribution in [0.1, 0.15) is 24.2 Å². The Morgan fingerprint density at radius 2 is 2.10 bits per heavy atom. The molecule has 110 valence electrons. The van der Waals surface area contributed by atoms with Crippen molar-refractivity contribution in [1.29, 1.82) is 0 Å². The standard InChI is InChI=1S/C14H16N4O3/c1-9(2)12(14(20)21)17-13(19)10-4-6-15-11(8-10)18-7-3-5-16-18/h3-9,12H,1-2H3,(H,17,19)(H,20,21)/t12-/m1/s1. The summed E-state index contributed by atoms with van der Waals surface area (Å²) >= 11 is 0. The minimum Gasteiger partial charge on any atom is -0.480 e. The summed E-state index contributed by atoms with van der Waals surface area (Å²) in [5.41, 5.74) is 0.336. The third-order valence-corrected chi connectivity index (χ3v) is 2.97. The van der Waals surface area contributed by atoms with E-state index in [1.807, 2.05) is 0 Å². The molecule has 2 aromatic rings. The van der Waals surface area contributed by atoms with Crippen LogP contribution in [-0.2, 0) is 4.79 Å². The van der Waals surface area contributed by atoms with E-state index in [4.69, 9.17) is 5.11 Å². The summed E-state index contributed by atoms with van der Waals surface area (Å²) in [6.07, 6.45) is 4.79. The van der Waals surface area contributed by atoms with Crippen LogP contribution in [-0.4, -0.2) is 37.8 Å². The molecule has 2 N–H and O–H groups in total. The number of carboxylic acids is 1. The molecule has 21 heavy (non-hydrogen) atoms. The molecule has 0 aliphatic heterocycles. The van der Waals surface area contributed by atoms with E-state index < -0.39 is 17.9 Å². The average Bonchev–Trinajstić information content (AvgIpc) is 2.98. The number of rotatable bonds is 5. The number of aromatic nitrogens is 3. The topological polar surface area (TPSA) is 97.1 Å². The predicted molar refractivity (Wildman–Crippen MR) is 75.1 cm³/mol. The Hall–Kier alpha value is -2.70. The van der Waals surface area contributed by atoms with Crippen molar-refractivity contribution in [2.75, 3.05) is 0 Å². The summed E-state index contributed by atoms with van der Waals surface area (Å²) in [6.45, 7) is 3.47. The second-order valence-electron chi connectivity index (χ2n) is 4.89. The fourth-order valence-corrected chi connectivity index (χ4v) is 1.83. The Kier molecular flexibility index (Phi) is 4.32. The molecule has 0 bridgehead atoms. The van der Waals surface area contributed by atoms with Crippen molar-refractivity contribution in [3.05, 3.63) is 42.4 Å². The number of pyridine rings is 1. The number of amides is 1. The molecule has 1 atom stereocenters. The van der Waals surface area contributed by atoms with Gasteiger partial charge in [-0.15, -0.1) is 0 Å². The van der Waals surface area contributed by atoms with Gasteiger partial charge in [-0.3, -0.25) is 4.79 Å². The zero-order valence-corrected chi connectivity index (χ0v) is 11.7. The monoisotopic (exact) mass is 288 g/mol. The lowest BCUT2D eigenvalue weighted by atomic mass is 10.0. The van der Waals surface area contributed by atoms with Crippen LogP contribution >= 0.6 is 0 Å². The first kappa shape index (κ1) is 14.7. The molecule has 0 aliphatic rings. The first-order valence-corrected chi connectivity index (χ1v) is 6.49. The van der Waals surface area contributed by atoms with Gasteiger partial charge in [-0.1, -0.05) is 13.8 Å². The summed E-state index contributed by atoms with van der Waals surface area (Å²) in [6, 6.07) is 3.90. The molecule has 0 aromatic carbocycles. The van der Waals surface area contributed by atoms with Crippen LogP contribution in [0.15, 0.2) is 36.8 Å². The Balaban J connectivity index is 2.20. The summed E-state index contributed by atoms with van der Waals surface area (Å²) in [5, 5.41) is 15.6. The molecule has 7 nitrogen and oxygen atoms in total. The number of hydrogen-bond donors (Lipinski definition) is 2. The van der Waals surface area contributed by atoms with E-state index >= 15 is 0 Å². The van der Waals surface area contributed by atoms with Gasteiger partial charge in [-0.25, -0.2) is 14.5 Å². The summed E-state index contributed by atoms with van der Waals surface area (Å²) in [4.78, 5) is 27.4. The van der Waals surface area contributed by atoms with Crippen LogP contribution in [0.5, 0.6) is 0 Å². The van der Waals surface area contributed by atoms with E-state index in [0.29, 0.717) is 11.4 Å². The van der Waals surface area contributed by atoms with Gasteiger partial charge in [0.25, 0.3) is 5.91 Å². The quantitative estimate of drug-likeness (QED) is 0.859. The number of nitrogens with one attached hydrogen (secondary N) is 1. The minimum absolute atomic E-state index is 0.209. The molecule has 2 heterocycles. The van der Waals surface area contributed by atoms with Crippen molar-refractivity contribution < 1.29 is 14.7 Å². The Morgan fingerprint density at radius 1 is 1.33 bits per heavy atom. The SMILES string of the molecule is CC(C)[C@@H](NC(=O)c1ccnc(-n2cccn2)c1)C(=O)O. The zero-order valence-electron chi connectivity index (χ0n) is 11.7. The van der Waals surface area contributed by atoms with E-state index in [9.17, 15) is 9.59 Å². The van der Waals surface area contributed by atoms with Crippen molar-refractivity contribution >= 4 is 11.9 Å². The van der Waals surface area contributed by atoms with Gasteiger partial charge in [0, 0.05) is 24.2 Å². The van der Waals surface area contributed by atoms with Gasteiger partial charge >= 0.3 is 5.97 Å². The van der Waals surface area contributed by atoms with Crippen LogP contribution in [0.25, 0.3) is 5.82 Å². The van der Waals surface area contributed by atoms with Gasteiger partial charge in [0.1, 0.15) is 6.04 Å². The smallest absolute Gasteiger partial charge is 0.326 e. The number of nitrogens with zero attached hydrogens (tertiary/aromatic N) is 3. The van der Waals surface area contributed by atoms with Crippen LogP contribution in [0, 0.1) is 5.92 Å². The van der Waals surface area contributed by atoms with Crippen molar-refractivity contribution in [1.82, 2.24) is 20.1 Å². The summed E-state index contributed by atoms with van der Waals surface area (Å²) in [5.74, 6) is -1.23. The molecule has 2 aromatic heterocycles. The highest BCUT2D eigenvalue weighted by atomic mass is 16.4. The highest BCUT2D eigenvalue weighted by Gasteiger charge is 2.24. The molecule has 0 aliphatic carbocycles. The van der Waals surface area contributed by atoms with Crippen molar-refractivity contribution in [3.63, 3.8) is 0 Å². The second-order valence-corrected chi connectivity index (χ2v) is 4.89. The molecule has 0 radical (unpaired) electrons. The molecular formula is C14H16N4O3. The van der Waals surface area contributed by atoms with Crippen molar-refractivity contribution in [2.45, 2.75) is 19.9 Å². The molecule has 7 heteroatoms. The van der Waals surface area contributed by atoms with Gasteiger partial charge in [0.15, 0.2) is 5.82 Å². The first-order chi connectivity index (χ1) is 9.99. The first-order valence-electron chi connectivity index (χ1n) is 6.49. The number of hydrogen-bond acceptors (Lipinski definition) is 4. The normalized spacial score (nSPS) is 12.1. The van der Waals surface area contributed by atoms with E-state index in [-0.39, 0.29) is 5.92 Å². The van der Waals surface area contributed by atoms with E-state index in [0.717, 1.165) is 0 Å². The lowest BCUT2D eigenvalue weighted by Crippen LogP contribution is -2.44. The van der Waals surface area contributed by atoms with Crippen molar-refractivity contribution in [3.8, 4) is 5.82 Å². The Labute approximate surface area is 121 Å². The molecule has 0 saturated carbocycles. The lowest BCUT2D eigenvalue weighted by Gasteiger charge is -2.17. The fraction of sp³-hybridized carbons (Fsp3) is 0.286. The molecule has 0 saturated heterocycles. The van der Waals surface area contributed by atoms with E-state index in [1.165, 1.54) is 16.9 Å². The van der Waals surface area contributed by atoms with Gasteiger partial charge in [0.2, 0.25) is 0 Å². The second kappa shape index (κ2) is 6.17. The molecule has 0 fully saturated rings.